The van der Waals surface area contributed by atoms with Crippen molar-refractivity contribution in [1.29, 1.82) is 0 Å². The third-order valence-electron chi connectivity index (χ3n) is 3.44. The molecule has 1 rings (SSSR count). The van der Waals surface area contributed by atoms with Gasteiger partial charge in [-0.2, -0.15) is 0 Å². The van der Waals surface area contributed by atoms with Crippen molar-refractivity contribution in [2.75, 3.05) is 18.1 Å². The summed E-state index contributed by atoms with van der Waals surface area (Å²) < 4.78 is 5.08. The van der Waals surface area contributed by atoms with Crippen LogP contribution in [0.3, 0.4) is 0 Å². The molecule has 0 saturated heterocycles. The highest BCUT2D eigenvalue weighted by atomic mass is 32.1. The van der Waals surface area contributed by atoms with Gasteiger partial charge in [-0.1, -0.05) is 27.7 Å². The Morgan fingerprint density at radius 3 is 2.38 bits per heavy atom. The van der Waals surface area contributed by atoms with Crippen molar-refractivity contribution in [2.24, 2.45) is 5.92 Å². The highest BCUT2D eigenvalue weighted by molar-refractivity contribution is 7.15. The van der Waals surface area contributed by atoms with Gasteiger partial charge in [-0.05, 0) is 32.6 Å². The Labute approximate surface area is 132 Å². The summed E-state index contributed by atoms with van der Waals surface area (Å²) >= 11 is 1.59. The Morgan fingerprint density at radius 2 is 1.90 bits per heavy atom. The third kappa shape index (κ3) is 4.70. The average molecular weight is 312 g/mol. The minimum Gasteiger partial charge on any atom is -0.461 e. The number of aryl methyl sites for hydroxylation is 1. The van der Waals surface area contributed by atoms with Crippen LogP contribution in [0.2, 0.25) is 0 Å². The van der Waals surface area contributed by atoms with Gasteiger partial charge in [0.15, 0.2) is 10.8 Å². The van der Waals surface area contributed by atoms with Crippen LogP contribution in [0, 0.1) is 12.8 Å². The second kappa shape index (κ2) is 8.37. The summed E-state index contributed by atoms with van der Waals surface area (Å²) in [4.78, 5) is 19.8. The van der Waals surface area contributed by atoms with E-state index in [1.54, 1.807) is 11.3 Å². The molecule has 0 unspecified atom stereocenters. The molecule has 0 amide bonds. The van der Waals surface area contributed by atoms with Gasteiger partial charge >= 0.3 is 5.97 Å². The molecule has 21 heavy (non-hydrogen) atoms. The van der Waals surface area contributed by atoms with E-state index < -0.39 is 0 Å². The number of rotatable bonds is 8. The molecule has 1 heterocycles. The Hall–Kier alpha value is -1.10. The first-order chi connectivity index (χ1) is 9.94. The van der Waals surface area contributed by atoms with E-state index in [1.165, 1.54) is 0 Å². The SMILES string of the molecule is CCOC(=O)c1nc(N(CC(C)C)C(CC)CC)sc1C. The number of hydrogen-bond acceptors (Lipinski definition) is 5. The van der Waals surface area contributed by atoms with Crippen molar-refractivity contribution in [3.8, 4) is 0 Å². The maximum absolute atomic E-state index is 11.9. The number of nitrogens with zero attached hydrogens (tertiary/aromatic N) is 2. The summed E-state index contributed by atoms with van der Waals surface area (Å²) in [5.41, 5.74) is 0.469. The highest BCUT2D eigenvalue weighted by Crippen LogP contribution is 2.29. The first kappa shape index (κ1) is 18.0. The van der Waals surface area contributed by atoms with Crippen LogP contribution in [0.4, 0.5) is 5.13 Å². The molecule has 0 bridgehead atoms. The van der Waals surface area contributed by atoms with E-state index in [-0.39, 0.29) is 5.97 Å². The minimum absolute atomic E-state index is 0.313. The monoisotopic (exact) mass is 312 g/mol. The maximum atomic E-state index is 11.9. The molecule has 120 valence electrons. The number of ether oxygens (including phenoxy) is 1. The molecule has 0 radical (unpaired) electrons. The molecular formula is C16H28N2O2S. The zero-order valence-corrected chi connectivity index (χ0v) is 14.9. The fourth-order valence-electron chi connectivity index (χ4n) is 2.40. The Kier molecular flexibility index (Phi) is 7.15. The predicted molar refractivity (Wildman–Crippen MR) is 89.4 cm³/mol. The maximum Gasteiger partial charge on any atom is 0.358 e. The number of aromatic nitrogens is 1. The van der Waals surface area contributed by atoms with Gasteiger partial charge in [-0.15, -0.1) is 11.3 Å². The lowest BCUT2D eigenvalue weighted by Crippen LogP contribution is -2.37. The van der Waals surface area contributed by atoms with Gasteiger partial charge in [0, 0.05) is 17.5 Å². The molecule has 5 heteroatoms. The summed E-state index contributed by atoms with van der Waals surface area (Å²) in [7, 11) is 0. The molecule has 4 nitrogen and oxygen atoms in total. The summed E-state index contributed by atoms with van der Waals surface area (Å²) in [5.74, 6) is 0.243. The molecular weight excluding hydrogens is 284 g/mol. The van der Waals surface area contributed by atoms with E-state index in [2.05, 4.69) is 37.6 Å². The van der Waals surface area contributed by atoms with Crippen molar-refractivity contribution in [3.63, 3.8) is 0 Å². The lowest BCUT2D eigenvalue weighted by Gasteiger charge is -2.31. The quantitative estimate of drug-likeness (QED) is 0.672. The molecule has 0 aromatic carbocycles. The topological polar surface area (TPSA) is 42.4 Å². The van der Waals surface area contributed by atoms with E-state index in [1.807, 2.05) is 13.8 Å². The second-order valence-electron chi connectivity index (χ2n) is 5.64. The summed E-state index contributed by atoms with van der Waals surface area (Å²) in [6.45, 7) is 13.9. The fourth-order valence-corrected chi connectivity index (χ4v) is 3.38. The number of carbonyl (C=O) groups is 1. The van der Waals surface area contributed by atoms with Crippen LogP contribution in [-0.2, 0) is 4.74 Å². The first-order valence-corrected chi connectivity index (χ1v) is 8.67. The van der Waals surface area contributed by atoms with Gasteiger partial charge in [0.05, 0.1) is 6.61 Å². The molecule has 1 aromatic rings. The molecule has 0 aliphatic heterocycles. The van der Waals surface area contributed by atoms with Gasteiger partial charge in [0.25, 0.3) is 0 Å². The third-order valence-corrected chi connectivity index (χ3v) is 4.45. The van der Waals surface area contributed by atoms with E-state index in [9.17, 15) is 4.79 Å². The Morgan fingerprint density at radius 1 is 1.29 bits per heavy atom. The smallest absolute Gasteiger partial charge is 0.358 e. The number of hydrogen-bond donors (Lipinski definition) is 0. The van der Waals surface area contributed by atoms with Crippen LogP contribution in [0.25, 0.3) is 0 Å². The number of thiazole rings is 1. The van der Waals surface area contributed by atoms with Crippen LogP contribution in [-0.4, -0.2) is 30.1 Å². The van der Waals surface area contributed by atoms with E-state index >= 15 is 0 Å². The van der Waals surface area contributed by atoms with Gasteiger partial charge in [0.1, 0.15) is 0 Å². The molecule has 0 spiro atoms. The number of esters is 1. The van der Waals surface area contributed by atoms with E-state index in [0.717, 1.165) is 29.4 Å². The average Bonchev–Trinajstić information content (AvgIpc) is 2.81. The fraction of sp³-hybridized carbons (Fsp3) is 0.750. The summed E-state index contributed by atoms with van der Waals surface area (Å²) in [5, 5.41) is 0.943. The predicted octanol–water partition coefficient (Wildman–Crippen LogP) is 4.28. The molecule has 0 aliphatic rings. The molecule has 0 aliphatic carbocycles. The largest absolute Gasteiger partial charge is 0.461 e. The first-order valence-electron chi connectivity index (χ1n) is 7.85. The van der Waals surface area contributed by atoms with Crippen molar-refractivity contribution >= 4 is 22.4 Å². The summed E-state index contributed by atoms with van der Waals surface area (Å²) in [6, 6.07) is 0.466. The van der Waals surface area contributed by atoms with Gasteiger partial charge in [-0.3, -0.25) is 0 Å². The molecule has 0 atom stereocenters. The van der Waals surface area contributed by atoms with Gasteiger partial charge in [-0.25, -0.2) is 9.78 Å². The summed E-state index contributed by atoms with van der Waals surface area (Å²) in [6.07, 6.45) is 2.16. The lowest BCUT2D eigenvalue weighted by atomic mass is 10.1. The molecule has 0 saturated carbocycles. The molecule has 0 N–H and O–H groups in total. The highest BCUT2D eigenvalue weighted by Gasteiger charge is 2.24. The second-order valence-corrected chi connectivity index (χ2v) is 6.82. The Bertz CT molecular complexity index is 453. The van der Waals surface area contributed by atoms with Crippen LogP contribution in [0.15, 0.2) is 0 Å². The standard InChI is InChI=1S/C16H28N2O2S/c1-7-13(8-2)18(10-11(4)5)16-17-14(12(6)21-16)15(19)20-9-3/h11,13H,7-10H2,1-6H3. The van der Waals surface area contributed by atoms with E-state index in [0.29, 0.717) is 24.3 Å². The van der Waals surface area contributed by atoms with Crippen molar-refractivity contribution in [2.45, 2.75) is 60.4 Å². The molecule has 0 fully saturated rings. The van der Waals surface area contributed by atoms with Crippen LogP contribution >= 0.6 is 11.3 Å². The zero-order chi connectivity index (χ0) is 16.0. The number of carbonyl (C=O) groups excluding carboxylic acids is 1. The normalized spacial score (nSPS) is 11.2. The van der Waals surface area contributed by atoms with Crippen molar-refractivity contribution in [1.82, 2.24) is 4.98 Å². The van der Waals surface area contributed by atoms with Gasteiger partial charge < -0.3 is 9.64 Å². The zero-order valence-electron chi connectivity index (χ0n) is 14.1. The lowest BCUT2D eigenvalue weighted by molar-refractivity contribution is 0.0519. The Balaban J connectivity index is 3.08. The number of anilines is 1. The van der Waals surface area contributed by atoms with Crippen LogP contribution in [0.1, 0.15) is 62.8 Å². The molecule has 1 aromatic heterocycles. The van der Waals surface area contributed by atoms with Crippen molar-refractivity contribution in [3.05, 3.63) is 10.6 Å². The van der Waals surface area contributed by atoms with Crippen molar-refractivity contribution < 1.29 is 9.53 Å². The van der Waals surface area contributed by atoms with Gasteiger partial charge in [0.2, 0.25) is 0 Å². The minimum atomic E-state index is -0.313. The van der Waals surface area contributed by atoms with E-state index in [4.69, 9.17) is 4.74 Å². The van der Waals surface area contributed by atoms with Crippen LogP contribution in [0.5, 0.6) is 0 Å². The van der Waals surface area contributed by atoms with Crippen LogP contribution < -0.4 is 4.90 Å².